The molecule has 0 saturated heterocycles. The summed E-state index contributed by atoms with van der Waals surface area (Å²) < 4.78 is 9.86. The molecule has 2 aromatic rings. The fraction of sp³-hybridized carbons (Fsp3) is 0.368. The monoisotopic (exact) mass is 358 g/mol. The zero-order valence-electron chi connectivity index (χ0n) is 15.2. The summed E-state index contributed by atoms with van der Waals surface area (Å²) in [5, 5.41) is 3.38. The van der Waals surface area contributed by atoms with E-state index < -0.39 is 29.5 Å². The van der Waals surface area contributed by atoms with E-state index >= 15 is 0 Å². The van der Waals surface area contributed by atoms with Gasteiger partial charge in [0.05, 0.1) is 19.0 Å². The maximum atomic E-state index is 12.5. The highest BCUT2D eigenvalue weighted by Gasteiger charge is 2.28. The Morgan fingerprint density at radius 2 is 1.81 bits per heavy atom. The second-order valence-electron chi connectivity index (χ2n) is 6.73. The van der Waals surface area contributed by atoms with Crippen LogP contribution in [0.25, 0.3) is 10.9 Å². The van der Waals surface area contributed by atoms with E-state index in [0.29, 0.717) is 5.52 Å². The number of carbonyl (C=O) groups excluding carboxylic acids is 3. The van der Waals surface area contributed by atoms with Gasteiger partial charge in [-0.25, -0.2) is 9.78 Å². The smallest absolute Gasteiger partial charge is 0.328 e. The number of amides is 1. The number of aromatic nitrogens is 1. The molecule has 7 nitrogen and oxygen atoms in total. The highest BCUT2D eigenvalue weighted by molar-refractivity contribution is 5.97. The first-order valence-corrected chi connectivity index (χ1v) is 8.16. The predicted molar refractivity (Wildman–Crippen MR) is 95.5 cm³/mol. The number of fused-ring (bicyclic) bond motifs is 1. The van der Waals surface area contributed by atoms with E-state index in [0.717, 1.165) is 5.39 Å². The first-order chi connectivity index (χ1) is 12.2. The predicted octanol–water partition coefficient (Wildman–Crippen LogP) is 2.24. The van der Waals surface area contributed by atoms with Gasteiger partial charge in [0, 0.05) is 5.39 Å². The molecular weight excluding hydrogens is 336 g/mol. The quantitative estimate of drug-likeness (QED) is 0.824. The van der Waals surface area contributed by atoms with Crippen molar-refractivity contribution in [3.63, 3.8) is 0 Å². The van der Waals surface area contributed by atoms with Gasteiger partial charge in [-0.05, 0) is 32.9 Å². The number of para-hydroxylation sites is 1. The number of esters is 2. The SMILES string of the molecule is COC(=O)[C@@H](CC(=O)OC(C)(C)C)NC(=O)c1ccc2ccccc2n1. The van der Waals surface area contributed by atoms with Crippen LogP contribution in [0.2, 0.25) is 0 Å². The van der Waals surface area contributed by atoms with E-state index in [4.69, 9.17) is 4.74 Å². The maximum absolute atomic E-state index is 12.5. The fourth-order valence-electron chi connectivity index (χ4n) is 2.31. The molecule has 1 amide bonds. The Balaban J connectivity index is 2.14. The van der Waals surface area contributed by atoms with Crippen LogP contribution in [0.1, 0.15) is 37.7 Å². The summed E-state index contributed by atoms with van der Waals surface area (Å²) in [6.07, 6.45) is -0.330. The third kappa shape index (κ3) is 5.27. The second kappa shape index (κ2) is 7.95. The third-order valence-corrected chi connectivity index (χ3v) is 3.41. The summed E-state index contributed by atoms with van der Waals surface area (Å²) in [4.78, 5) is 40.6. The van der Waals surface area contributed by atoms with Crippen LogP contribution in [0, 0.1) is 0 Å². The minimum atomic E-state index is -1.16. The highest BCUT2D eigenvalue weighted by atomic mass is 16.6. The molecule has 7 heteroatoms. The van der Waals surface area contributed by atoms with Gasteiger partial charge in [-0.2, -0.15) is 0 Å². The van der Waals surface area contributed by atoms with Crippen LogP contribution in [-0.4, -0.2) is 41.6 Å². The van der Waals surface area contributed by atoms with Gasteiger partial charge < -0.3 is 14.8 Å². The van der Waals surface area contributed by atoms with Gasteiger partial charge in [-0.3, -0.25) is 9.59 Å². The molecule has 0 aliphatic carbocycles. The summed E-state index contributed by atoms with van der Waals surface area (Å²) in [6, 6.07) is 9.51. The number of benzene rings is 1. The van der Waals surface area contributed by atoms with Crippen LogP contribution in [0.4, 0.5) is 0 Å². The van der Waals surface area contributed by atoms with Crippen molar-refractivity contribution in [2.45, 2.75) is 38.8 Å². The molecule has 1 atom stereocenters. The molecule has 26 heavy (non-hydrogen) atoms. The number of nitrogens with one attached hydrogen (secondary N) is 1. The minimum Gasteiger partial charge on any atom is -0.467 e. The van der Waals surface area contributed by atoms with Gasteiger partial charge in [0.2, 0.25) is 0 Å². The zero-order chi connectivity index (χ0) is 19.3. The van der Waals surface area contributed by atoms with Gasteiger partial charge in [0.1, 0.15) is 17.3 Å². The van der Waals surface area contributed by atoms with E-state index in [1.54, 1.807) is 39.0 Å². The molecular formula is C19H22N2O5. The number of carbonyl (C=O) groups is 3. The van der Waals surface area contributed by atoms with E-state index in [1.165, 1.54) is 7.11 Å². The molecule has 1 N–H and O–H groups in total. The number of hydrogen-bond acceptors (Lipinski definition) is 6. The number of pyridine rings is 1. The average Bonchev–Trinajstić information content (AvgIpc) is 2.58. The molecule has 1 heterocycles. The van der Waals surface area contributed by atoms with Crippen LogP contribution in [0.3, 0.4) is 0 Å². The molecule has 1 aromatic heterocycles. The van der Waals surface area contributed by atoms with Crippen molar-refractivity contribution in [3.8, 4) is 0 Å². The van der Waals surface area contributed by atoms with Crippen LogP contribution < -0.4 is 5.32 Å². The minimum absolute atomic E-state index is 0.141. The van der Waals surface area contributed by atoms with Crippen molar-refractivity contribution >= 4 is 28.7 Å². The molecule has 0 spiro atoms. The van der Waals surface area contributed by atoms with Gasteiger partial charge in [0.15, 0.2) is 0 Å². The number of methoxy groups -OCH3 is 1. The topological polar surface area (TPSA) is 94.6 Å². The summed E-state index contributed by atoms with van der Waals surface area (Å²) in [5.74, 6) is -1.92. The molecule has 1 aromatic carbocycles. The summed E-state index contributed by atoms with van der Waals surface area (Å²) in [6.45, 7) is 5.15. The summed E-state index contributed by atoms with van der Waals surface area (Å²) >= 11 is 0. The standard InChI is InChI=1S/C19H22N2O5/c1-19(2,3)26-16(22)11-15(18(24)25-4)21-17(23)14-10-9-12-7-5-6-8-13(12)20-14/h5-10,15H,11H2,1-4H3,(H,21,23)/t15-/m1/s1. The van der Waals surface area contributed by atoms with E-state index in [9.17, 15) is 14.4 Å². The fourth-order valence-corrected chi connectivity index (χ4v) is 2.31. The Morgan fingerprint density at radius 1 is 1.12 bits per heavy atom. The Hall–Kier alpha value is -2.96. The normalized spacial score (nSPS) is 12.3. The van der Waals surface area contributed by atoms with Crippen molar-refractivity contribution in [2.24, 2.45) is 0 Å². The van der Waals surface area contributed by atoms with Crippen molar-refractivity contribution < 1.29 is 23.9 Å². The molecule has 0 radical (unpaired) electrons. The number of nitrogens with zero attached hydrogens (tertiary/aromatic N) is 1. The van der Waals surface area contributed by atoms with Crippen molar-refractivity contribution in [1.82, 2.24) is 10.3 Å². The van der Waals surface area contributed by atoms with E-state index in [1.807, 2.05) is 18.2 Å². The largest absolute Gasteiger partial charge is 0.467 e. The first-order valence-electron chi connectivity index (χ1n) is 8.16. The van der Waals surface area contributed by atoms with E-state index in [-0.39, 0.29) is 12.1 Å². The van der Waals surface area contributed by atoms with E-state index in [2.05, 4.69) is 15.0 Å². The third-order valence-electron chi connectivity index (χ3n) is 3.41. The van der Waals surface area contributed by atoms with Crippen LogP contribution in [0.5, 0.6) is 0 Å². The van der Waals surface area contributed by atoms with Gasteiger partial charge in [-0.1, -0.05) is 24.3 Å². The lowest BCUT2D eigenvalue weighted by Gasteiger charge is -2.21. The Labute approximate surface area is 151 Å². The van der Waals surface area contributed by atoms with Crippen molar-refractivity contribution in [1.29, 1.82) is 0 Å². The first kappa shape index (κ1) is 19.4. The van der Waals surface area contributed by atoms with Crippen molar-refractivity contribution in [2.75, 3.05) is 7.11 Å². The number of ether oxygens (including phenoxy) is 2. The molecule has 0 unspecified atom stereocenters. The van der Waals surface area contributed by atoms with Gasteiger partial charge in [-0.15, -0.1) is 0 Å². The van der Waals surface area contributed by atoms with Gasteiger partial charge in [0.25, 0.3) is 5.91 Å². The molecule has 0 saturated carbocycles. The highest BCUT2D eigenvalue weighted by Crippen LogP contribution is 2.13. The molecule has 0 aliphatic rings. The summed E-state index contributed by atoms with van der Waals surface area (Å²) in [5.41, 5.74) is 0.102. The molecule has 0 bridgehead atoms. The second-order valence-corrected chi connectivity index (χ2v) is 6.73. The Morgan fingerprint density at radius 3 is 2.46 bits per heavy atom. The van der Waals surface area contributed by atoms with Crippen molar-refractivity contribution in [3.05, 3.63) is 42.1 Å². The summed E-state index contributed by atoms with van der Waals surface area (Å²) in [7, 11) is 1.19. The van der Waals surface area contributed by atoms with Crippen LogP contribution >= 0.6 is 0 Å². The van der Waals surface area contributed by atoms with Crippen LogP contribution in [-0.2, 0) is 19.1 Å². The van der Waals surface area contributed by atoms with Crippen LogP contribution in [0.15, 0.2) is 36.4 Å². The Kier molecular flexibility index (Phi) is 5.92. The van der Waals surface area contributed by atoms with Gasteiger partial charge >= 0.3 is 11.9 Å². The maximum Gasteiger partial charge on any atom is 0.328 e. The lowest BCUT2D eigenvalue weighted by atomic mass is 10.1. The molecule has 0 aliphatic heterocycles. The average molecular weight is 358 g/mol. The zero-order valence-corrected chi connectivity index (χ0v) is 15.2. The molecule has 0 fully saturated rings. The molecule has 2 rings (SSSR count). The Bertz CT molecular complexity index is 826. The lowest BCUT2D eigenvalue weighted by molar-refractivity contribution is -0.158. The lowest BCUT2D eigenvalue weighted by Crippen LogP contribution is -2.44. The number of hydrogen-bond donors (Lipinski definition) is 1. The number of rotatable bonds is 5. The molecule has 138 valence electrons.